The van der Waals surface area contributed by atoms with Crippen molar-refractivity contribution in [3.05, 3.63) is 58.4 Å². The molecule has 0 aromatic heterocycles. The molecule has 2 aromatic carbocycles. The highest BCUT2D eigenvalue weighted by Gasteiger charge is 2.20. The van der Waals surface area contributed by atoms with E-state index in [4.69, 9.17) is 11.6 Å². The summed E-state index contributed by atoms with van der Waals surface area (Å²) in [6, 6.07) is 9.93. The van der Waals surface area contributed by atoms with Crippen LogP contribution in [0.4, 0.5) is 15.8 Å². The number of halogens is 2. The van der Waals surface area contributed by atoms with Crippen molar-refractivity contribution in [2.45, 2.75) is 40.0 Å². The fraction of sp³-hybridized carbons (Fsp3) is 0.333. The molecule has 0 aliphatic rings. The summed E-state index contributed by atoms with van der Waals surface area (Å²) in [6.07, 6.45) is 0.112. The summed E-state index contributed by atoms with van der Waals surface area (Å²) in [4.78, 5) is 26.2. The number of para-hydroxylation sites is 1. The van der Waals surface area contributed by atoms with Gasteiger partial charge >= 0.3 is 0 Å². The van der Waals surface area contributed by atoms with Gasteiger partial charge in [-0.15, -0.1) is 0 Å². The van der Waals surface area contributed by atoms with Crippen LogP contribution < -0.4 is 10.2 Å². The fourth-order valence-corrected chi connectivity index (χ4v) is 3.13. The number of hydrogen-bond acceptors (Lipinski definition) is 2. The quantitative estimate of drug-likeness (QED) is 0.728. The van der Waals surface area contributed by atoms with Gasteiger partial charge in [-0.1, -0.05) is 43.6 Å². The van der Waals surface area contributed by atoms with Gasteiger partial charge < -0.3 is 10.2 Å². The van der Waals surface area contributed by atoms with Crippen molar-refractivity contribution < 1.29 is 14.0 Å². The minimum atomic E-state index is -0.543. The molecule has 6 heteroatoms. The molecule has 0 saturated heterocycles. The molecule has 0 radical (unpaired) electrons. The Morgan fingerprint density at radius 1 is 1.22 bits per heavy atom. The normalized spacial score (nSPS) is 10.8. The molecule has 0 aliphatic carbocycles. The number of nitrogens with one attached hydrogen (secondary N) is 1. The van der Waals surface area contributed by atoms with Crippen LogP contribution in [0.25, 0.3) is 0 Å². The second kappa shape index (κ2) is 9.00. The summed E-state index contributed by atoms with van der Waals surface area (Å²) >= 11 is 5.73. The summed E-state index contributed by atoms with van der Waals surface area (Å²) in [5.41, 5.74) is 3.33. The number of anilines is 2. The lowest BCUT2D eigenvalue weighted by Crippen LogP contribution is -2.33. The smallest absolute Gasteiger partial charge is 0.226 e. The molecular formula is C21H24ClFN2O2. The average Bonchev–Trinajstić information content (AvgIpc) is 2.59. The fourth-order valence-electron chi connectivity index (χ4n) is 2.95. The van der Waals surface area contributed by atoms with Crippen LogP contribution >= 0.6 is 11.6 Å². The Labute approximate surface area is 164 Å². The molecule has 27 heavy (non-hydrogen) atoms. The van der Waals surface area contributed by atoms with E-state index in [1.54, 1.807) is 4.90 Å². The van der Waals surface area contributed by atoms with Crippen LogP contribution in [0.1, 0.15) is 44.2 Å². The van der Waals surface area contributed by atoms with Gasteiger partial charge in [0, 0.05) is 31.3 Å². The van der Waals surface area contributed by atoms with E-state index in [0.717, 1.165) is 16.8 Å². The van der Waals surface area contributed by atoms with Crippen molar-refractivity contribution in [1.29, 1.82) is 0 Å². The Kier molecular flexibility index (Phi) is 6.97. The first-order valence-electron chi connectivity index (χ1n) is 8.83. The molecule has 2 rings (SSSR count). The number of amides is 2. The van der Waals surface area contributed by atoms with Crippen molar-refractivity contribution in [2.24, 2.45) is 0 Å². The van der Waals surface area contributed by atoms with E-state index in [0.29, 0.717) is 5.69 Å². The molecule has 0 unspecified atom stereocenters. The van der Waals surface area contributed by atoms with E-state index >= 15 is 0 Å². The van der Waals surface area contributed by atoms with Crippen LogP contribution in [0.5, 0.6) is 0 Å². The van der Waals surface area contributed by atoms with Crippen LogP contribution in [0.2, 0.25) is 5.02 Å². The Morgan fingerprint density at radius 3 is 2.52 bits per heavy atom. The number of aryl methyl sites for hydroxylation is 1. The van der Waals surface area contributed by atoms with Crippen LogP contribution in [0, 0.1) is 12.7 Å². The van der Waals surface area contributed by atoms with Gasteiger partial charge in [0.05, 0.1) is 5.02 Å². The zero-order chi connectivity index (χ0) is 20.1. The Bertz CT molecular complexity index is 852. The van der Waals surface area contributed by atoms with Crippen molar-refractivity contribution in [3.63, 3.8) is 0 Å². The Balaban J connectivity index is 2.15. The second-order valence-electron chi connectivity index (χ2n) is 6.77. The largest absolute Gasteiger partial charge is 0.326 e. The van der Waals surface area contributed by atoms with Crippen LogP contribution in [-0.2, 0) is 9.59 Å². The first-order chi connectivity index (χ1) is 12.7. The minimum Gasteiger partial charge on any atom is -0.326 e. The standard InChI is InChI=1S/C21H24ClFN2O2/c1-13(2)17-7-5-6-14(3)21(17)25(15(4)26)11-10-20(27)24-16-8-9-19(23)18(22)12-16/h5-9,12-13H,10-11H2,1-4H3,(H,24,27). The maximum Gasteiger partial charge on any atom is 0.226 e. The van der Waals surface area contributed by atoms with E-state index in [9.17, 15) is 14.0 Å². The molecule has 2 aromatic rings. The van der Waals surface area contributed by atoms with Gasteiger partial charge in [0.25, 0.3) is 0 Å². The van der Waals surface area contributed by atoms with Crippen LogP contribution in [0.3, 0.4) is 0 Å². The van der Waals surface area contributed by atoms with Gasteiger partial charge in [0.1, 0.15) is 5.82 Å². The molecule has 0 bridgehead atoms. The SMILES string of the molecule is CC(=O)N(CCC(=O)Nc1ccc(F)c(Cl)c1)c1c(C)cccc1C(C)C. The van der Waals surface area contributed by atoms with Crippen LogP contribution in [0.15, 0.2) is 36.4 Å². The molecule has 0 saturated carbocycles. The molecule has 2 amide bonds. The minimum absolute atomic E-state index is 0.0559. The maximum atomic E-state index is 13.2. The van der Waals surface area contributed by atoms with E-state index < -0.39 is 5.82 Å². The predicted octanol–water partition coefficient (Wildman–Crippen LogP) is 5.29. The van der Waals surface area contributed by atoms with Crippen molar-refractivity contribution in [1.82, 2.24) is 0 Å². The molecule has 144 valence electrons. The highest BCUT2D eigenvalue weighted by molar-refractivity contribution is 6.31. The van der Waals surface area contributed by atoms with E-state index in [1.165, 1.54) is 25.1 Å². The third kappa shape index (κ3) is 5.30. The third-order valence-corrected chi connectivity index (χ3v) is 4.60. The lowest BCUT2D eigenvalue weighted by atomic mass is 9.97. The number of carbonyl (C=O) groups is 2. The molecule has 0 aliphatic heterocycles. The molecular weight excluding hydrogens is 367 g/mol. The van der Waals surface area contributed by atoms with Crippen molar-refractivity contribution >= 4 is 34.8 Å². The highest BCUT2D eigenvalue weighted by Crippen LogP contribution is 2.31. The van der Waals surface area contributed by atoms with Crippen LogP contribution in [-0.4, -0.2) is 18.4 Å². The summed E-state index contributed by atoms with van der Waals surface area (Å²) < 4.78 is 13.2. The first-order valence-corrected chi connectivity index (χ1v) is 9.21. The van der Waals surface area contributed by atoms with Gasteiger partial charge in [0.15, 0.2) is 0 Å². The number of benzene rings is 2. The van der Waals surface area contributed by atoms with Gasteiger partial charge in [-0.2, -0.15) is 0 Å². The number of nitrogens with zero attached hydrogens (tertiary/aromatic N) is 1. The lowest BCUT2D eigenvalue weighted by molar-refractivity contribution is -0.117. The summed E-state index contributed by atoms with van der Waals surface area (Å²) in [6.45, 7) is 7.84. The van der Waals surface area contributed by atoms with E-state index in [-0.39, 0.29) is 35.7 Å². The number of rotatable bonds is 6. The topological polar surface area (TPSA) is 49.4 Å². The average molecular weight is 391 g/mol. The first kappa shape index (κ1) is 20.9. The zero-order valence-electron chi connectivity index (χ0n) is 16.0. The lowest BCUT2D eigenvalue weighted by Gasteiger charge is -2.27. The van der Waals surface area contributed by atoms with Gasteiger partial charge in [-0.25, -0.2) is 4.39 Å². The molecule has 1 N–H and O–H groups in total. The second-order valence-corrected chi connectivity index (χ2v) is 7.17. The zero-order valence-corrected chi connectivity index (χ0v) is 16.7. The number of carbonyl (C=O) groups excluding carboxylic acids is 2. The van der Waals surface area contributed by atoms with Gasteiger partial charge in [0.2, 0.25) is 11.8 Å². The third-order valence-electron chi connectivity index (χ3n) is 4.31. The molecule has 0 atom stereocenters. The molecule has 0 spiro atoms. The Morgan fingerprint density at radius 2 is 1.93 bits per heavy atom. The van der Waals surface area contributed by atoms with E-state index in [2.05, 4.69) is 19.2 Å². The van der Waals surface area contributed by atoms with Gasteiger partial charge in [-0.05, 0) is 42.2 Å². The van der Waals surface area contributed by atoms with E-state index in [1.807, 2.05) is 25.1 Å². The molecule has 4 nitrogen and oxygen atoms in total. The van der Waals surface area contributed by atoms with Crippen molar-refractivity contribution in [2.75, 3.05) is 16.8 Å². The monoisotopic (exact) mass is 390 g/mol. The molecule has 0 fully saturated rings. The maximum absolute atomic E-state index is 13.2. The molecule has 0 heterocycles. The predicted molar refractivity (Wildman–Crippen MR) is 108 cm³/mol. The summed E-state index contributed by atoms with van der Waals surface area (Å²) in [5.74, 6) is -0.692. The number of hydrogen-bond donors (Lipinski definition) is 1. The summed E-state index contributed by atoms with van der Waals surface area (Å²) in [5, 5.41) is 2.62. The summed E-state index contributed by atoms with van der Waals surface area (Å²) in [7, 11) is 0. The Hall–Kier alpha value is -2.40. The highest BCUT2D eigenvalue weighted by atomic mass is 35.5. The van der Waals surface area contributed by atoms with Gasteiger partial charge in [-0.3, -0.25) is 9.59 Å². The van der Waals surface area contributed by atoms with Crippen molar-refractivity contribution in [3.8, 4) is 0 Å².